The molecule has 0 saturated carbocycles. The van der Waals surface area contributed by atoms with Gasteiger partial charge in [-0.05, 0) is 49.2 Å². The van der Waals surface area contributed by atoms with Gasteiger partial charge in [0, 0.05) is 23.7 Å². The predicted molar refractivity (Wildman–Crippen MR) is 175 cm³/mol. The van der Waals surface area contributed by atoms with E-state index in [0.717, 1.165) is 53.9 Å². The number of hydrazone groups is 1. The lowest BCUT2D eigenvalue weighted by molar-refractivity contribution is -0.126. The molecule has 0 aliphatic carbocycles. The Kier molecular flexibility index (Phi) is 15.6. The van der Waals surface area contributed by atoms with Crippen LogP contribution in [0.15, 0.2) is 65.9 Å². The maximum absolute atomic E-state index is 12.3. The van der Waals surface area contributed by atoms with Crippen molar-refractivity contribution in [3.05, 3.63) is 66.4 Å². The van der Waals surface area contributed by atoms with E-state index in [1.54, 1.807) is 10.9 Å². The molecule has 3 aromatic rings. The minimum absolute atomic E-state index is 0.104. The molecule has 3 rings (SSSR count). The number of nitrogens with one attached hydrogen (secondary N) is 2. The molecule has 0 atom stereocenters. The predicted octanol–water partition coefficient (Wildman–Crippen LogP) is 7.60. The number of carbonyl (C=O) groups is 2. The minimum Gasteiger partial charge on any atom is -0.494 e. The molecule has 0 aliphatic heterocycles. The van der Waals surface area contributed by atoms with Crippen molar-refractivity contribution >= 4 is 18.0 Å². The van der Waals surface area contributed by atoms with Gasteiger partial charge in [-0.25, -0.2) is 10.1 Å². The van der Waals surface area contributed by atoms with E-state index in [0.29, 0.717) is 13.0 Å². The highest BCUT2D eigenvalue weighted by Gasteiger charge is 2.12. The van der Waals surface area contributed by atoms with E-state index in [2.05, 4.69) is 29.7 Å². The lowest BCUT2D eigenvalue weighted by Gasteiger charge is -2.06. The Hall–Kier alpha value is -3.94. The van der Waals surface area contributed by atoms with E-state index in [1.165, 1.54) is 51.4 Å². The summed E-state index contributed by atoms with van der Waals surface area (Å²) in [5.41, 5.74) is 5.80. The van der Waals surface area contributed by atoms with Crippen molar-refractivity contribution in [2.45, 2.75) is 97.3 Å². The van der Waals surface area contributed by atoms with E-state index in [1.807, 2.05) is 60.8 Å². The molecule has 2 aromatic carbocycles. The zero-order valence-electron chi connectivity index (χ0n) is 26.0. The molecule has 1 aromatic heterocycles. The van der Waals surface area contributed by atoms with Gasteiger partial charge in [-0.2, -0.15) is 10.2 Å². The summed E-state index contributed by atoms with van der Waals surface area (Å²) in [5, 5.41) is 11.6. The van der Waals surface area contributed by atoms with Gasteiger partial charge < -0.3 is 10.1 Å². The van der Waals surface area contributed by atoms with Crippen LogP contribution in [0.4, 0.5) is 0 Å². The molecule has 0 spiro atoms. The molecule has 0 bridgehead atoms. The van der Waals surface area contributed by atoms with Crippen molar-refractivity contribution in [3.8, 4) is 22.7 Å². The molecule has 0 saturated heterocycles. The third-order valence-corrected chi connectivity index (χ3v) is 7.21. The molecule has 1 heterocycles. The number of unbranched alkanes of at least 4 members (excludes halogenated alkanes) is 10. The molecule has 0 unspecified atom stereocenters. The number of rotatable bonds is 21. The van der Waals surface area contributed by atoms with Crippen LogP contribution in [0.1, 0.15) is 103 Å². The molecule has 8 nitrogen and oxygen atoms in total. The summed E-state index contributed by atoms with van der Waals surface area (Å²) >= 11 is 0. The Balaban J connectivity index is 1.42. The number of nitrogens with zero attached hydrogens (tertiary/aromatic N) is 3. The van der Waals surface area contributed by atoms with Crippen LogP contribution in [0.25, 0.3) is 16.9 Å². The highest BCUT2D eigenvalue weighted by atomic mass is 16.5. The summed E-state index contributed by atoms with van der Waals surface area (Å²) in [5.74, 6) is 0.326. The van der Waals surface area contributed by atoms with Crippen LogP contribution in [0, 0.1) is 0 Å². The lowest BCUT2D eigenvalue weighted by Crippen LogP contribution is -2.34. The first kappa shape index (κ1) is 33.6. The topological polar surface area (TPSA) is 97.6 Å². The molecule has 2 amide bonds. The molecular weight excluding hydrogens is 538 g/mol. The van der Waals surface area contributed by atoms with Crippen molar-refractivity contribution in [3.63, 3.8) is 0 Å². The lowest BCUT2D eigenvalue weighted by atomic mass is 10.1. The Morgan fingerprint density at radius 2 is 1.47 bits per heavy atom. The summed E-state index contributed by atoms with van der Waals surface area (Å²) in [4.78, 5) is 24.5. The molecule has 43 heavy (non-hydrogen) atoms. The smallest absolute Gasteiger partial charge is 0.259 e. The summed E-state index contributed by atoms with van der Waals surface area (Å²) in [6, 6.07) is 17.6. The van der Waals surface area contributed by atoms with Crippen molar-refractivity contribution in [2.24, 2.45) is 5.10 Å². The maximum Gasteiger partial charge on any atom is 0.259 e. The van der Waals surface area contributed by atoms with Gasteiger partial charge in [0.05, 0.1) is 25.1 Å². The Morgan fingerprint density at radius 1 is 0.814 bits per heavy atom. The van der Waals surface area contributed by atoms with Crippen molar-refractivity contribution in [2.75, 3.05) is 13.2 Å². The molecule has 0 radical (unpaired) electrons. The summed E-state index contributed by atoms with van der Waals surface area (Å²) in [6.07, 6.45) is 18.4. The molecule has 232 valence electrons. The Bertz CT molecular complexity index is 1240. The number of benzene rings is 2. The van der Waals surface area contributed by atoms with Gasteiger partial charge in [0.1, 0.15) is 11.4 Å². The van der Waals surface area contributed by atoms with E-state index in [4.69, 9.17) is 9.84 Å². The van der Waals surface area contributed by atoms with Gasteiger partial charge in [-0.1, -0.05) is 96.3 Å². The number of ether oxygens (including phenoxy) is 1. The van der Waals surface area contributed by atoms with Crippen LogP contribution in [-0.4, -0.2) is 41.0 Å². The number of amides is 2. The second-order valence-corrected chi connectivity index (χ2v) is 10.9. The zero-order chi connectivity index (χ0) is 30.5. The highest BCUT2D eigenvalue weighted by Crippen LogP contribution is 2.25. The van der Waals surface area contributed by atoms with Crippen LogP contribution in [0.3, 0.4) is 0 Å². The number of para-hydroxylation sites is 1. The third kappa shape index (κ3) is 12.8. The van der Waals surface area contributed by atoms with E-state index >= 15 is 0 Å². The molecule has 0 aliphatic rings. The quantitative estimate of drug-likeness (QED) is 0.0762. The van der Waals surface area contributed by atoms with Crippen LogP contribution < -0.4 is 15.5 Å². The fraction of sp³-hybridized carbons (Fsp3) is 0.486. The van der Waals surface area contributed by atoms with Crippen LogP contribution in [0.2, 0.25) is 0 Å². The van der Waals surface area contributed by atoms with Crippen LogP contribution in [0.5, 0.6) is 5.75 Å². The second-order valence-electron chi connectivity index (χ2n) is 10.9. The number of hydrogen-bond acceptors (Lipinski definition) is 5. The summed E-state index contributed by atoms with van der Waals surface area (Å²) in [7, 11) is 0. The van der Waals surface area contributed by atoms with E-state index in [9.17, 15) is 9.59 Å². The normalized spacial score (nSPS) is 11.1. The summed E-state index contributed by atoms with van der Waals surface area (Å²) in [6.45, 7) is 4.88. The Labute approximate surface area is 257 Å². The minimum atomic E-state index is -0.377. The molecule has 0 fully saturated rings. The Morgan fingerprint density at radius 3 is 2.12 bits per heavy atom. The first-order valence-corrected chi connectivity index (χ1v) is 16.1. The molecule has 8 heteroatoms. The largest absolute Gasteiger partial charge is 0.494 e. The number of hydrogen-bond donors (Lipinski definition) is 2. The number of carbonyl (C=O) groups excluding carboxylic acids is 2. The zero-order valence-corrected chi connectivity index (χ0v) is 26.0. The average Bonchev–Trinajstić information content (AvgIpc) is 3.46. The number of aromatic nitrogens is 2. The highest BCUT2D eigenvalue weighted by molar-refractivity contribution is 5.90. The molecule has 2 N–H and O–H groups in total. The maximum atomic E-state index is 12.3. The third-order valence-electron chi connectivity index (χ3n) is 7.21. The van der Waals surface area contributed by atoms with Gasteiger partial charge >= 0.3 is 0 Å². The van der Waals surface area contributed by atoms with Crippen molar-refractivity contribution < 1.29 is 14.3 Å². The van der Waals surface area contributed by atoms with E-state index < -0.39 is 0 Å². The van der Waals surface area contributed by atoms with Gasteiger partial charge in [0.25, 0.3) is 5.91 Å². The van der Waals surface area contributed by atoms with Gasteiger partial charge in [0.15, 0.2) is 0 Å². The second kappa shape index (κ2) is 20.1. The first-order valence-electron chi connectivity index (χ1n) is 16.1. The van der Waals surface area contributed by atoms with Crippen molar-refractivity contribution in [1.29, 1.82) is 0 Å². The van der Waals surface area contributed by atoms with Crippen LogP contribution in [-0.2, 0) is 9.59 Å². The van der Waals surface area contributed by atoms with Gasteiger partial charge in [0.2, 0.25) is 5.91 Å². The van der Waals surface area contributed by atoms with Crippen molar-refractivity contribution in [1.82, 2.24) is 20.5 Å². The SMILES string of the molecule is CCCCCCCCCCCCCC(=O)NCC(=O)N/N=C/c1cn(-c2ccccc2)nc1-c1ccc(OCCC)cc1. The molecular formula is C35H49N5O3. The first-order chi connectivity index (χ1) is 21.1. The fourth-order valence-electron chi connectivity index (χ4n) is 4.78. The monoisotopic (exact) mass is 587 g/mol. The van der Waals surface area contributed by atoms with Gasteiger partial charge in [-0.15, -0.1) is 0 Å². The van der Waals surface area contributed by atoms with E-state index in [-0.39, 0.29) is 18.4 Å². The van der Waals surface area contributed by atoms with Crippen LogP contribution >= 0.6 is 0 Å². The average molecular weight is 588 g/mol. The summed E-state index contributed by atoms with van der Waals surface area (Å²) < 4.78 is 7.50. The standard InChI is InChI=1S/C35H49N5O3/c1-3-5-6-7-8-9-10-11-12-13-17-20-33(41)36-27-34(42)38-37-26-30-28-40(31-18-15-14-16-19-31)39-35(30)29-21-23-32(24-22-29)43-25-4-2/h14-16,18-19,21-24,26,28H,3-13,17,20,25,27H2,1-2H3,(H,36,41)(H,38,42)/b37-26+. The fourth-order valence-corrected chi connectivity index (χ4v) is 4.78. The van der Waals surface area contributed by atoms with Gasteiger partial charge in [-0.3, -0.25) is 9.59 Å².